The second-order valence-corrected chi connectivity index (χ2v) is 5.87. The summed E-state index contributed by atoms with van der Waals surface area (Å²) >= 11 is 0. The highest BCUT2D eigenvalue weighted by atomic mass is 16.3. The van der Waals surface area contributed by atoms with E-state index < -0.39 is 6.04 Å². The quantitative estimate of drug-likeness (QED) is 0.947. The Bertz CT molecular complexity index is 722. The standard InChI is InChI=1S/C18H20N2O3/c1-12-6-3-7-14(13(12)2)19-17(21)15-8-4-10-20(15)18(22)16-9-5-11-23-16/h3,5-7,9,11,15H,4,8,10H2,1-2H3,(H,19,21)/t15-/m1/s1. The molecule has 5 nitrogen and oxygen atoms in total. The van der Waals surface area contributed by atoms with Crippen molar-refractivity contribution in [1.29, 1.82) is 0 Å². The molecule has 1 atom stereocenters. The highest BCUT2D eigenvalue weighted by molar-refractivity contribution is 6.00. The molecule has 0 spiro atoms. The minimum Gasteiger partial charge on any atom is -0.459 e. The van der Waals surface area contributed by atoms with Crippen molar-refractivity contribution in [2.45, 2.75) is 32.7 Å². The molecule has 1 saturated heterocycles. The Morgan fingerprint density at radius 3 is 2.78 bits per heavy atom. The van der Waals surface area contributed by atoms with Crippen LogP contribution in [0.2, 0.25) is 0 Å². The van der Waals surface area contributed by atoms with Gasteiger partial charge in [0.1, 0.15) is 6.04 Å². The Morgan fingerprint density at radius 1 is 1.22 bits per heavy atom. The van der Waals surface area contributed by atoms with E-state index in [-0.39, 0.29) is 17.6 Å². The van der Waals surface area contributed by atoms with Gasteiger partial charge in [0.05, 0.1) is 6.26 Å². The summed E-state index contributed by atoms with van der Waals surface area (Å²) in [6.45, 7) is 4.56. The Labute approximate surface area is 135 Å². The van der Waals surface area contributed by atoms with Gasteiger partial charge in [-0.05, 0) is 56.0 Å². The van der Waals surface area contributed by atoms with Gasteiger partial charge in [0.2, 0.25) is 5.91 Å². The predicted molar refractivity (Wildman–Crippen MR) is 87.3 cm³/mol. The number of anilines is 1. The minimum atomic E-state index is -0.451. The summed E-state index contributed by atoms with van der Waals surface area (Å²) in [5.74, 6) is -0.0962. The summed E-state index contributed by atoms with van der Waals surface area (Å²) in [7, 11) is 0. The van der Waals surface area contributed by atoms with E-state index >= 15 is 0 Å². The average Bonchev–Trinajstić information content (AvgIpc) is 3.21. The van der Waals surface area contributed by atoms with Crippen molar-refractivity contribution < 1.29 is 14.0 Å². The molecule has 0 unspecified atom stereocenters. The smallest absolute Gasteiger partial charge is 0.290 e. The van der Waals surface area contributed by atoms with Crippen LogP contribution in [0.4, 0.5) is 5.69 Å². The summed E-state index contributed by atoms with van der Waals surface area (Å²) in [5.41, 5.74) is 2.97. The first kappa shape index (κ1) is 15.3. The van der Waals surface area contributed by atoms with Crippen LogP contribution in [0.25, 0.3) is 0 Å². The molecule has 1 aliphatic heterocycles. The Morgan fingerprint density at radius 2 is 2.04 bits per heavy atom. The Kier molecular flexibility index (Phi) is 4.19. The molecule has 2 amide bonds. The lowest BCUT2D eigenvalue weighted by Gasteiger charge is -2.23. The largest absolute Gasteiger partial charge is 0.459 e. The number of carbonyl (C=O) groups excluding carboxylic acids is 2. The van der Waals surface area contributed by atoms with Crippen LogP contribution in [0.5, 0.6) is 0 Å². The fourth-order valence-electron chi connectivity index (χ4n) is 2.93. The van der Waals surface area contributed by atoms with Crippen LogP contribution in [-0.4, -0.2) is 29.3 Å². The first-order valence-corrected chi connectivity index (χ1v) is 7.79. The van der Waals surface area contributed by atoms with E-state index in [2.05, 4.69) is 5.32 Å². The number of hydrogen-bond donors (Lipinski definition) is 1. The molecule has 1 aromatic carbocycles. The van der Waals surface area contributed by atoms with Gasteiger partial charge in [0, 0.05) is 12.2 Å². The van der Waals surface area contributed by atoms with Crippen molar-refractivity contribution in [3.8, 4) is 0 Å². The molecule has 2 heterocycles. The maximum atomic E-state index is 12.6. The van der Waals surface area contributed by atoms with Crippen molar-refractivity contribution in [1.82, 2.24) is 4.90 Å². The fraction of sp³-hybridized carbons (Fsp3) is 0.333. The van der Waals surface area contributed by atoms with Crippen molar-refractivity contribution in [2.75, 3.05) is 11.9 Å². The van der Waals surface area contributed by atoms with Crippen LogP contribution in [0.3, 0.4) is 0 Å². The lowest BCUT2D eigenvalue weighted by molar-refractivity contribution is -0.119. The topological polar surface area (TPSA) is 62.6 Å². The summed E-state index contributed by atoms with van der Waals surface area (Å²) in [6.07, 6.45) is 2.95. The maximum absolute atomic E-state index is 12.6. The fourth-order valence-corrected chi connectivity index (χ4v) is 2.93. The SMILES string of the molecule is Cc1cccc(NC(=O)[C@H]2CCCN2C(=O)c2ccco2)c1C. The van der Waals surface area contributed by atoms with Gasteiger partial charge in [-0.15, -0.1) is 0 Å². The Hall–Kier alpha value is -2.56. The molecule has 1 fully saturated rings. The normalized spacial score (nSPS) is 17.3. The monoisotopic (exact) mass is 312 g/mol. The van der Waals surface area contributed by atoms with E-state index in [9.17, 15) is 9.59 Å². The molecule has 0 aliphatic carbocycles. The molecule has 5 heteroatoms. The van der Waals surface area contributed by atoms with Gasteiger partial charge < -0.3 is 14.6 Å². The number of likely N-dealkylation sites (tertiary alicyclic amines) is 1. The zero-order chi connectivity index (χ0) is 16.4. The summed E-state index contributed by atoms with van der Waals surface area (Å²) in [4.78, 5) is 26.7. The minimum absolute atomic E-state index is 0.142. The van der Waals surface area contributed by atoms with Gasteiger partial charge in [-0.25, -0.2) is 0 Å². The lowest BCUT2D eigenvalue weighted by Crippen LogP contribution is -2.43. The zero-order valence-corrected chi connectivity index (χ0v) is 13.3. The Balaban J connectivity index is 1.76. The van der Waals surface area contributed by atoms with Crippen LogP contribution < -0.4 is 5.32 Å². The van der Waals surface area contributed by atoms with Crippen molar-refractivity contribution in [3.63, 3.8) is 0 Å². The number of hydrogen-bond acceptors (Lipinski definition) is 3. The highest BCUT2D eigenvalue weighted by Crippen LogP contribution is 2.24. The van der Waals surface area contributed by atoms with E-state index in [1.807, 2.05) is 32.0 Å². The van der Waals surface area contributed by atoms with Crippen molar-refractivity contribution in [3.05, 3.63) is 53.5 Å². The molecule has 0 saturated carbocycles. The molecule has 0 bridgehead atoms. The number of nitrogens with zero attached hydrogens (tertiary/aromatic N) is 1. The van der Waals surface area contributed by atoms with E-state index in [4.69, 9.17) is 4.42 Å². The van der Waals surface area contributed by atoms with Crippen LogP contribution in [0.1, 0.15) is 34.5 Å². The number of nitrogens with one attached hydrogen (secondary N) is 1. The van der Waals surface area contributed by atoms with Gasteiger partial charge in [-0.1, -0.05) is 12.1 Å². The van der Waals surface area contributed by atoms with E-state index in [0.29, 0.717) is 13.0 Å². The third-order valence-corrected chi connectivity index (χ3v) is 4.41. The first-order valence-electron chi connectivity index (χ1n) is 7.79. The van der Waals surface area contributed by atoms with E-state index in [1.165, 1.54) is 6.26 Å². The highest BCUT2D eigenvalue weighted by Gasteiger charge is 2.35. The molecule has 1 aliphatic rings. The number of carbonyl (C=O) groups is 2. The summed E-state index contributed by atoms with van der Waals surface area (Å²) < 4.78 is 5.17. The van der Waals surface area contributed by atoms with Gasteiger partial charge >= 0.3 is 0 Å². The van der Waals surface area contributed by atoms with Gasteiger partial charge in [0.25, 0.3) is 5.91 Å². The van der Waals surface area contributed by atoms with Crippen LogP contribution in [0, 0.1) is 13.8 Å². The molecule has 3 rings (SSSR count). The number of aryl methyl sites for hydroxylation is 1. The second-order valence-electron chi connectivity index (χ2n) is 5.87. The maximum Gasteiger partial charge on any atom is 0.290 e. The first-order chi connectivity index (χ1) is 11.1. The summed E-state index contributed by atoms with van der Waals surface area (Å²) in [6, 6.07) is 8.65. The van der Waals surface area contributed by atoms with Gasteiger partial charge in [-0.2, -0.15) is 0 Å². The molecule has 0 radical (unpaired) electrons. The van der Waals surface area contributed by atoms with Gasteiger partial charge in [0.15, 0.2) is 5.76 Å². The average molecular weight is 312 g/mol. The third-order valence-electron chi connectivity index (χ3n) is 4.41. The van der Waals surface area contributed by atoms with Crippen LogP contribution in [-0.2, 0) is 4.79 Å². The second kappa shape index (κ2) is 6.28. The zero-order valence-electron chi connectivity index (χ0n) is 13.3. The molecule has 23 heavy (non-hydrogen) atoms. The van der Waals surface area contributed by atoms with Gasteiger partial charge in [-0.3, -0.25) is 9.59 Å². The van der Waals surface area contributed by atoms with Crippen molar-refractivity contribution >= 4 is 17.5 Å². The number of rotatable bonds is 3. The number of furan rings is 1. The summed E-state index contributed by atoms with van der Waals surface area (Å²) in [5, 5.41) is 2.96. The molecular formula is C18H20N2O3. The molecule has 1 aromatic heterocycles. The predicted octanol–water partition coefficient (Wildman–Crippen LogP) is 3.14. The molecule has 2 aromatic rings. The number of amides is 2. The van der Waals surface area contributed by atoms with E-state index in [1.54, 1.807) is 17.0 Å². The van der Waals surface area contributed by atoms with Crippen LogP contribution >= 0.6 is 0 Å². The molecule has 120 valence electrons. The van der Waals surface area contributed by atoms with Crippen molar-refractivity contribution in [2.24, 2.45) is 0 Å². The molecular weight excluding hydrogens is 292 g/mol. The lowest BCUT2D eigenvalue weighted by atomic mass is 10.1. The third kappa shape index (κ3) is 2.99. The van der Waals surface area contributed by atoms with E-state index in [0.717, 1.165) is 23.2 Å². The number of benzene rings is 1. The molecule has 1 N–H and O–H groups in total. The van der Waals surface area contributed by atoms with Crippen LogP contribution in [0.15, 0.2) is 41.0 Å².